The number of allylic oxidation sites excluding steroid dienone is 2. The third-order valence-corrected chi connectivity index (χ3v) is 3.65. The van der Waals surface area contributed by atoms with Crippen LogP contribution in [0.4, 0.5) is 0 Å². The molecular weight excluding hydrogens is 253 g/mol. The van der Waals surface area contributed by atoms with Gasteiger partial charge in [-0.3, -0.25) is 4.79 Å². The molecule has 20 heavy (non-hydrogen) atoms. The minimum Gasteiger partial charge on any atom is -0.481 e. The van der Waals surface area contributed by atoms with Crippen molar-refractivity contribution < 1.29 is 9.90 Å². The van der Waals surface area contributed by atoms with Crippen molar-refractivity contribution in [2.45, 2.75) is 96.8 Å². The van der Waals surface area contributed by atoms with Gasteiger partial charge in [0.25, 0.3) is 0 Å². The van der Waals surface area contributed by atoms with Crippen molar-refractivity contribution >= 4 is 5.97 Å². The van der Waals surface area contributed by atoms with Crippen LogP contribution in [0.25, 0.3) is 0 Å². The van der Waals surface area contributed by atoms with Gasteiger partial charge in [-0.05, 0) is 32.1 Å². The molecule has 0 aromatic heterocycles. The fourth-order valence-corrected chi connectivity index (χ4v) is 2.35. The maximum absolute atomic E-state index is 10.3. The smallest absolute Gasteiger partial charge is 0.303 e. The highest BCUT2D eigenvalue weighted by Crippen LogP contribution is 2.09. The van der Waals surface area contributed by atoms with Gasteiger partial charge in [0.2, 0.25) is 0 Å². The molecule has 2 heteroatoms. The summed E-state index contributed by atoms with van der Waals surface area (Å²) in [4.78, 5) is 10.3. The first-order valence-electron chi connectivity index (χ1n) is 8.64. The van der Waals surface area contributed by atoms with Gasteiger partial charge in [-0.2, -0.15) is 0 Å². The van der Waals surface area contributed by atoms with Crippen molar-refractivity contribution in [3.05, 3.63) is 12.2 Å². The first-order valence-corrected chi connectivity index (χ1v) is 8.64. The summed E-state index contributed by atoms with van der Waals surface area (Å²) in [5.41, 5.74) is 0. The van der Waals surface area contributed by atoms with Crippen LogP contribution in [0.3, 0.4) is 0 Å². The van der Waals surface area contributed by atoms with Crippen molar-refractivity contribution in [1.29, 1.82) is 0 Å². The third kappa shape index (κ3) is 17.2. The summed E-state index contributed by atoms with van der Waals surface area (Å²) in [6, 6.07) is 0. The molecule has 0 aliphatic rings. The lowest BCUT2D eigenvalue weighted by atomic mass is 10.1. The second-order valence-corrected chi connectivity index (χ2v) is 5.73. The average Bonchev–Trinajstić information content (AvgIpc) is 2.43. The Labute approximate surface area is 125 Å². The molecule has 0 spiro atoms. The van der Waals surface area contributed by atoms with Crippen LogP contribution in [-0.4, -0.2) is 11.1 Å². The standard InChI is InChI=1S/C18H34O2/c1-2-3-4-5-6-7-8-9-10-11-12-13-14-15-16-17-18(19)20/h9-10H,2-8,11-17H2,1H3,(H,19,20)/b10-9-/i11+1,12+1,16+1,17+1,18+1. The normalized spacial score (nSPS) is 11.2. The molecule has 0 heterocycles. The van der Waals surface area contributed by atoms with Crippen LogP contribution in [0.15, 0.2) is 12.2 Å². The summed E-state index contributed by atoms with van der Waals surface area (Å²) in [7, 11) is 0. The molecule has 0 radical (unpaired) electrons. The van der Waals surface area contributed by atoms with Gasteiger partial charge in [-0.25, -0.2) is 0 Å². The summed E-state index contributed by atoms with van der Waals surface area (Å²) < 4.78 is 0. The van der Waals surface area contributed by atoms with Gasteiger partial charge < -0.3 is 5.11 Å². The SMILES string of the molecule is CCCCCCCC/C=C\[13CH2][13CH2]CCC[13CH2][13CH2][13C](=O)O. The molecule has 0 unspecified atom stereocenters. The van der Waals surface area contributed by atoms with Gasteiger partial charge in [0.05, 0.1) is 0 Å². The van der Waals surface area contributed by atoms with E-state index in [4.69, 9.17) is 5.11 Å². The van der Waals surface area contributed by atoms with E-state index in [9.17, 15) is 4.79 Å². The van der Waals surface area contributed by atoms with Crippen LogP contribution in [-0.2, 0) is 4.79 Å². The quantitative estimate of drug-likeness (QED) is 0.224. The average molecular weight is 287 g/mol. The Bertz CT molecular complexity index is 234. The molecule has 0 fully saturated rings. The van der Waals surface area contributed by atoms with E-state index < -0.39 is 5.97 Å². The highest BCUT2D eigenvalue weighted by atomic mass is 16.5. The molecule has 2 nitrogen and oxygen atoms in total. The maximum atomic E-state index is 10.3. The number of unbranched alkanes of at least 4 members (excludes halogenated alkanes) is 11. The minimum atomic E-state index is -0.664. The second kappa shape index (κ2) is 16.3. The van der Waals surface area contributed by atoms with Gasteiger partial charge in [-0.1, -0.05) is 70.4 Å². The number of hydrogen-bond acceptors (Lipinski definition) is 1. The number of carbonyl (C=O) groups is 1. The van der Waals surface area contributed by atoms with Crippen molar-refractivity contribution in [2.24, 2.45) is 0 Å². The number of hydrogen-bond donors (Lipinski definition) is 1. The summed E-state index contributed by atoms with van der Waals surface area (Å²) in [5.74, 6) is -0.664. The Morgan fingerprint density at radius 2 is 1.20 bits per heavy atom. The molecule has 0 aromatic rings. The summed E-state index contributed by atoms with van der Waals surface area (Å²) in [6.07, 6.45) is 21.2. The van der Waals surface area contributed by atoms with Crippen LogP contribution in [0.5, 0.6) is 0 Å². The molecule has 0 bridgehead atoms. The van der Waals surface area contributed by atoms with E-state index in [0.717, 1.165) is 12.8 Å². The first kappa shape index (κ1) is 19.2. The molecule has 0 aliphatic heterocycles. The molecule has 118 valence electrons. The lowest BCUT2D eigenvalue weighted by molar-refractivity contribution is -0.137. The molecule has 0 saturated carbocycles. The van der Waals surface area contributed by atoms with Crippen LogP contribution in [0.1, 0.15) is 96.8 Å². The van der Waals surface area contributed by atoms with Gasteiger partial charge >= 0.3 is 5.97 Å². The molecule has 0 aliphatic carbocycles. The van der Waals surface area contributed by atoms with Crippen molar-refractivity contribution in [3.63, 3.8) is 0 Å². The Morgan fingerprint density at radius 3 is 1.70 bits per heavy atom. The summed E-state index contributed by atoms with van der Waals surface area (Å²) in [5, 5.41) is 8.51. The first-order chi connectivity index (χ1) is 9.77. The summed E-state index contributed by atoms with van der Waals surface area (Å²) in [6.45, 7) is 2.26. The number of rotatable bonds is 15. The zero-order valence-electron chi connectivity index (χ0n) is 13.4. The zero-order valence-corrected chi connectivity index (χ0v) is 13.4. The predicted octanol–water partition coefficient (Wildman–Crippen LogP) is 6.11. The molecule has 0 saturated heterocycles. The van der Waals surface area contributed by atoms with Crippen LogP contribution in [0.2, 0.25) is 0 Å². The number of carboxylic acids is 1. The Morgan fingerprint density at radius 1 is 0.750 bits per heavy atom. The highest BCUT2D eigenvalue weighted by molar-refractivity contribution is 5.66. The fourth-order valence-electron chi connectivity index (χ4n) is 2.35. The Kier molecular flexibility index (Phi) is 15.6. The van der Waals surface area contributed by atoms with E-state index in [0.29, 0.717) is 6.42 Å². The van der Waals surface area contributed by atoms with Gasteiger partial charge in [0, 0.05) is 6.42 Å². The lowest BCUT2D eigenvalue weighted by Gasteiger charge is -1.99. The van der Waals surface area contributed by atoms with Gasteiger partial charge in [-0.15, -0.1) is 0 Å². The highest BCUT2D eigenvalue weighted by Gasteiger charge is 1.95. The number of aliphatic carboxylic acids is 1. The zero-order chi connectivity index (χ0) is 14.9. The second-order valence-electron chi connectivity index (χ2n) is 5.73. The molecular formula is C18H34O2. The van der Waals surface area contributed by atoms with E-state index in [1.807, 2.05) is 0 Å². The molecule has 0 aromatic carbocycles. The lowest BCUT2D eigenvalue weighted by Crippen LogP contribution is -1.93. The van der Waals surface area contributed by atoms with Crippen molar-refractivity contribution in [3.8, 4) is 0 Å². The van der Waals surface area contributed by atoms with E-state index in [1.54, 1.807) is 0 Å². The Hall–Kier alpha value is -0.790. The van der Waals surface area contributed by atoms with Gasteiger partial charge in [0.1, 0.15) is 0 Å². The molecule has 0 rings (SSSR count). The molecule has 0 atom stereocenters. The van der Waals surface area contributed by atoms with Crippen LogP contribution in [0, 0.1) is 0 Å². The van der Waals surface area contributed by atoms with Crippen LogP contribution >= 0.6 is 0 Å². The number of carboxylic acid groups (broad SMARTS) is 1. The monoisotopic (exact) mass is 287 g/mol. The third-order valence-electron chi connectivity index (χ3n) is 3.65. The van der Waals surface area contributed by atoms with E-state index in [-0.39, 0.29) is 0 Å². The fraction of sp³-hybridized carbons (Fsp3) is 0.833. The van der Waals surface area contributed by atoms with Gasteiger partial charge in [0.15, 0.2) is 0 Å². The maximum Gasteiger partial charge on any atom is 0.303 e. The summed E-state index contributed by atoms with van der Waals surface area (Å²) >= 11 is 0. The van der Waals surface area contributed by atoms with Crippen LogP contribution < -0.4 is 0 Å². The predicted molar refractivity (Wildman–Crippen MR) is 87.1 cm³/mol. The van der Waals surface area contributed by atoms with E-state index >= 15 is 0 Å². The topological polar surface area (TPSA) is 37.3 Å². The molecule has 0 amide bonds. The van der Waals surface area contributed by atoms with Crippen molar-refractivity contribution in [2.75, 3.05) is 0 Å². The van der Waals surface area contributed by atoms with Crippen molar-refractivity contribution in [1.82, 2.24) is 0 Å². The molecule has 1 N–H and O–H groups in total. The van der Waals surface area contributed by atoms with E-state index in [2.05, 4.69) is 19.1 Å². The largest absolute Gasteiger partial charge is 0.481 e. The Balaban J connectivity index is 3.07. The van der Waals surface area contributed by atoms with E-state index in [1.165, 1.54) is 70.6 Å². The minimum absolute atomic E-state index is 0.332.